The van der Waals surface area contributed by atoms with Crippen molar-refractivity contribution >= 4 is 29.0 Å². The van der Waals surface area contributed by atoms with Crippen molar-refractivity contribution in [2.45, 2.75) is 6.92 Å². The van der Waals surface area contributed by atoms with E-state index in [9.17, 15) is 4.79 Å². The largest absolute Gasteiger partial charge is 0.465 e. The minimum Gasteiger partial charge on any atom is -0.465 e. The lowest BCUT2D eigenvalue weighted by atomic mass is 10.4. The molecule has 0 bridgehead atoms. The molecule has 1 heterocycles. The summed E-state index contributed by atoms with van der Waals surface area (Å²) in [6, 6.07) is 0. The number of thiocarbonyl (C=S) groups is 1. The number of carbonyl (C=O) groups is 1. The first-order valence-electron chi connectivity index (χ1n) is 4.64. The molecule has 1 rings (SSSR count). The van der Waals surface area contributed by atoms with Gasteiger partial charge in [0, 0.05) is 0 Å². The maximum Gasteiger partial charge on any atom is 0.325 e. The van der Waals surface area contributed by atoms with E-state index in [0.717, 1.165) is 0 Å². The molecule has 86 valence electrons. The van der Waals surface area contributed by atoms with Crippen LogP contribution in [0.3, 0.4) is 0 Å². The summed E-state index contributed by atoms with van der Waals surface area (Å²) in [7, 11) is 0. The Morgan fingerprint density at radius 2 is 2.31 bits per heavy atom. The molecule has 0 atom stereocenters. The van der Waals surface area contributed by atoms with Gasteiger partial charge in [-0.25, -0.2) is 9.97 Å². The number of rotatable bonds is 5. The highest BCUT2D eigenvalue weighted by molar-refractivity contribution is 7.80. The molecule has 0 aliphatic heterocycles. The molecule has 16 heavy (non-hydrogen) atoms. The molecule has 0 amide bonds. The molecule has 0 aliphatic carbocycles. The van der Waals surface area contributed by atoms with Gasteiger partial charge in [-0.2, -0.15) is 0 Å². The minimum atomic E-state index is -0.345. The molecule has 1 aromatic rings. The average Bonchev–Trinajstić information content (AvgIpc) is 2.27. The van der Waals surface area contributed by atoms with E-state index in [-0.39, 0.29) is 17.5 Å². The van der Waals surface area contributed by atoms with E-state index in [1.54, 1.807) is 6.92 Å². The van der Waals surface area contributed by atoms with Crippen molar-refractivity contribution in [2.75, 3.05) is 18.5 Å². The van der Waals surface area contributed by atoms with Crippen LogP contribution in [0, 0.1) is 0 Å². The van der Waals surface area contributed by atoms with Crippen LogP contribution >= 0.6 is 12.2 Å². The first-order valence-corrected chi connectivity index (χ1v) is 5.05. The summed E-state index contributed by atoms with van der Waals surface area (Å²) in [6.07, 6.45) is 2.89. The molecule has 0 aliphatic rings. The lowest BCUT2D eigenvalue weighted by Crippen LogP contribution is -2.18. The van der Waals surface area contributed by atoms with Crippen LogP contribution in [0.25, 0.3) is 0 Å². The standard InChI is InChI=1S/C9H12N4O2S/c1-2-15-8(14)5-13-7-4-11-6(3-12-7)9(10)16/h3-4H,2,5H2,1H3,(H2,10,16)(H,12,13). The predicted molar refractivity (Wildman–Crippen MR) is 63.0 cm³/mol. The molecule has 0 spiro atoms. The summed E-state index contributed by atoms with van der Waals surface area (Å²) < 4.78 is 4.74. The number of hydrogen-bond donors (Lipinski definition) is 2. The molecule has 0 saturated carbocycles. The van der Waals surface area contributed by atoms with Crippen molar-refractivity contribution in [3.63, 3.8) is 0 Å². The van der Waals surface area contributed by atoms with E-state index in [0.29, 0.717) is 18.1 Å². The molecular formula is C9H12N4O2S. The summed E-state index contributed by atoms with van der Waals surface area (Å²) in [5.74, 6) is 0.121. The van der Waals surface area contributed by atoms with Crippen LogP contribution in [0.1, 0.15) is 12.6 Å². The zero-order chi connectivity index (χ0) is 12.0. The summed E-state index contributed by atoms with van der Waals surface area (Å²) >= 11 is 4.73. The molecule has 0 unspecified atom stereocenters. The second-order valence-electron chi connectivity index (χ2n) is 2.81. The molecular weight excluding hydrogens is 228 g/mol. The second kappa shape index (κ2) is 5.96. The Morgan fingerprint density at radius 3 is 2.81 bits per heavy atom. The monoisotopic (exact) mass is 240 g/mol. The molecule has 0 fully saturated rings. The molecule has 6 nitrogen and oxygen atoms in total. The first-order chi connectivity index (χ1) is 7.63. The average molecular weight is 240 g/mol. The maximum absolute atomic E-state index is 11.0. The number of carbonyl (C=O) groups excluding carboxylic acids is 1. The van der Waals surface area contributed by atoms with E-state index in [2.05, 4.69) is 15.3 Å². The van der Waals surface area contributed by atoms with E-state index in [4.69, 9.17) is 22.7 Å². The molecule has 0 saturated heterocycles. The first kappa shape index (κ1) is 12.3. The number of aromatic nitrogens is 2. The highest BCUT2D eigenvalue weighted by Crippen LogP contribution is 2.00. The number of esters is 1. The Balaban J connectivity index is 2.49. The van der Waals surface area contributed by atoms with E-state index in [1.807, 2.05) is 0 Å². The Hall–Kier alpha value is -1.76. The van der Waals surface area contributed by atoms with Crippen LogP contribution in [0.2, 0.25) is 0 Å². The van der Waals surface area contributed by atoms with Gasteiger partial charge in [-0.05, 0) is 6.92 Å². The number of nitrogens with two attached hydrogens (primary N) is 1. The summed E-state index contributed by atoms with van der Waals surface area (Å²) in [5, 5.41) is 2.76. The SMILES string of the molecule is CCOC(=O)CNc1cnc(C(N)=S)cn1. The van der Waals surface area contributed by atoms with Gasteiger partial charge in [-0.15, -0.1) is 0 Å². The van der Waals surface area contributed by atoms with Crippen LogP contribution in [-0.2, 0) is 9.53 Å². The van der Waals surface area contributed by atoms with Gasteiger partial charge in [0.15, 0.2) is 0 Å². The van der Waals surface area contributed by atoms with Gasteiger partial charge >= 0.3 is 5.97 Å². The quantitative estimate of drug-likeness (QED) is 0.556. The fourth-order valence-electron chi connectivity index (χ4n) is 0.921. The van der Waals surface area contributed by atoms with Gasteiger partial charge in [0.2, 0.25) is 0 Å². The Morgan fingerprint density at radius 1 is 1.56 bits per heavy atom. The third-order valence-corrected chi connectivity index (χ3v) is 1.83. The van der Waals surface area contributed by atoms with Crippen molar-refractivity contribution in [3.05, 3.63) is 18.1 Å². The topological polar surface area (TPSA) is 90.1 Å². The molecule has 0 radical (unpaired) electrons. The van der Waals surface area contributed by atoms with Gasteiger partial charge < -0.3 is 15.8 Å². The van der Waals surface area contributed by atoms with Crippen molar-refractivity contribution in [1.29, 1.82) is 0 Å². The molecule has 1 aromatic heterocycles. The minimum absolute atomic E-state index is 0.0505. The van der Waals surface area contributed by atoms with Gasteiger partial charge in [0.05, 0.1) is 19.0 Å². The number of nitrogens with zero attached hydrogens (tertiary/aromatic N) is 2. The highest BCUT2D eigenvalue weighted by Gasteiger charge is 2.03. The van der Waals surface area contributed by atoms with Gasteiger partial charge in [0.1, 0.15) is 23.0 Å². The maximum atomic E-state index is 11.0. The molecule has 7 heteroatoms. The lowest BCUT2D eigenvalue weighted by molar-refractivity contribution is -0.140. The second-order valence-corrected chi connectivity index (χ2v) is 3.25. The van der Waals surface area contributed by atoms with Crippen molar-refractivity contribution < 1.29 is 9.53 Å². The summed E-state index contributed by atoms with van der Waals surface area (Å²) in [5.41, 5.74) is 5.80. The Kier molecular flexibility index (Phi) is 4.59. The van der Waals surface area contributed by atoms with Crippen LogP contribution in [0.5, 0.6) is 0 Å². The Bertz CT molecular complexity index is 380. The van der Waals surface area contributed by atoms with Crippen molar-refractivity contribution in [1.82, 2.24) is 9.97 Å². The van der Waals surface area contributed by atoms with E-state index >= 15 is 0 Å². The van der Waals surface area contributed by atoms with Crippen LogP contribution < -0.4 is 11.1 Å². The van der Waals surface area contributed by atoms with Crippen molar-refractivity contribution in [2.24, 2.45) is 5.73 Å². The van der Waals surface area contributed by atoms with Gasteiger partial charge in [0.25, 0.3) is 0 Å². The fourth-order valence-corrected chi connectivity index (χ4v) is 1.03. The number of nitrogens with one attached hydrogen (secondary N) is 1. The van der Waals surface area contributed by atoms with Crippen molar-refractivity contribution in [3.8, 4) is 0 Å². The van der Waals surface area contributed by atoms with Gasteiger partial charge in [-0.1, -0.05) is 12.2 Å². The fraction of sp³-hybridized carbons (Fsp3) is 0.333. The zero-order valence-corrected chi connectivity index (χ0v) is 9.58. The predicted octanol–water partition coefficient (Wildman–Crippen LogP) is 0.0858. The molecule has 3 N–H and O–H groups in total. The normalized spacial score (nSPS) is 9.56. The summed E-state index contributed by atoms with van der Waals surface area (Å²) in [4.78, 5) is 19.1. The van der Waals surface area contributed by atoms with Crippen LogP contribution in [0.15, 0.2) is 12.4 Å². The van der Waals surface area contributed by atoms with Crippen LogP contribution in [-0.4, -0.2) is 34.1 Å². The highest BCUT2D eigenvalue weighted by atomic mass is 32.1. The zero-order valence-electron chi connectivity index (χ0n) is 8.77. The third-order valence-electron chi connectivity index (χ3n) is 1.62. The third kappa shape index (κ3) is 3.77. The number of anilines is 1. The smallest absolute Gasteiger partial charge is 0.325 e. The van der Waals surface area contributed by atoms with Crippen LogP contribution in [0.4, 0.5) is 5.82 Å². The van der Waals surface area contributed by atoms with E-state index < -0.39 is 0 Å². The van der Waals surface area contributed by atoms with E-state index in [1.165, 1.54) is 12.4 Å². The number of ether oxygens (including phenoxy) is 1. The van der Waals surface area contributed by atoms with Gasteiger partial charge in [-0.3, -0.25) is 4.79 Å². The Labute approximate surface area is 98.2 Å². The molecule has 0 aromatic carbocycles. The summed E-state index contributed by atoms with van der Waals surface area (Å²) in [6.45, 7) is 2.15. The lowest BCUT2D eigenvalue weighted by Gasteiger charge is -2.05. The number of hydrogen-bond acceptors (Lipinski definition) is 6.